The van der Waals surface area contributed by atoms with Crippen molar-refractivity contribution in [2.75, 3.05) is 18.8 Å². The van der Waals surface area contributed by atoms with Gasteiger partial charge in [-0.05, 0) is 24.6 Å². The first-order valence-electron chi connectivity index (χ1n) is 6.43. The van der Waals surface area contributed by atoms with E-state index < -0.39 is 11.7 Å². The molecule has 21 heavy (non-hydrogen) atoms. The molecular weight excluding hydrogens is 275 g/mol. The maximum atomic E-state index is 13.7. The number of nitrogens with one attached hydrogen (secondary N) is 2. The molecule has 0 aliphatic rings. The molecule has 0 spiro atoms. The van der Waals surface area contributed by atoms with Crippen LogP contribution in [0.4, 0.5) is 10.1 Å². The van der Waals surface area contributed by atoms with Crippen molar-refractivity contribution in [1.29, 1.82) is 0 Å². The molecule has 0 unspecified atom stereocenters. The highest BCUT2D eigenvalue weighted by Gasteiger charge is 2.15. The summed E-state index contributed by atoms with van der Waals surface area (Å²) in [5, 5.41) is 5.72. The summed E-state index contributed by atoms with van der Waals surface area (Å²) in [7, 11) is 0. The molecule has 7 heteroatoms. The molecule has 2 rings (SSSR count). The van der Waals surface area contributed by atoms with Crippen LogP contribution in [0.15, 0.2) is 24.4 Å². The fraction of sp³-hybridized carbons (Fsp3) is 0.214. The van der Waals surface area contributed by atoms with Crippen LogP contribution in [-0.2, 0) is 4.79 Å². The highest BCUT2D eigenvalue weighted by atomic mass is 19.1. The second kappa shape index (κ2) is 6.65. The van der Waals surface area contributed by atoms with Crippen LogP contribution in [0.25, 0.3) is 10.8 Å². The Morgan fingerprint density at radius 2 is 2.14 bits per heavy atom. The summed E-state index contributed by atoms with van der Waals surface area (Å²) in [6.07, 6.45) is 2.55. The SMILES string of the molecule is Nc1ccc(F)c2ccnc(C(=O)NCCCNC=O)c12. The molecule has 0 aliphatic heterocycles. The summed E-state index contributed by atoms with van der Waals surface area (Å²) in [5.41, 5.74) is 6.21. The van der Waals surface area contributed by atoms with Gasteiger partial charge in [-0.25, -0.2) is 4.39 Å². The number of fused-ring (bicyclic) bond motifs is 1. The fourth-order valence-corrected chi connectivity index (χ4v) is 2.00. The smallest absolute Gasteiger partial charge is 0.270 e. The van der Waals surface area contributed by atoms with Crippen molar-refractivity contribution in [3.63, 3.8) is 0 Å². The van der Waals surface area contributed by atoms with Crippen molar-refractivity contribution in [2.45, 2.75) is 6.42 Å². The molecular formula is C14H15FN4O2. The summed E-state index contributed by atoms with van der Waals surface area (Å²) in [6, 6.07) is 4.14. The van der Waals surface area contributed by atoms with Gasteiger partial charge in [0.1, 0.15) is 11.5 Å². The van der Waals surface area contributed by atoms with Crippen LogP contribution in [0.2, 0.25) is 0 Å². The lowest BCUT2D eigenvalue weighted by molar-refractivity contribution is -0.109. The lowest BCUT2D eigenvalue weighted by atomic mass is 10.1. The lowest BCUT2D eigenvalue weighted by Gasteiger charge is -2.09. The quantitative estimate of drug-likeness (QED) is 0.417. The van der Waals surface area contributed by atoms with Gasteiger partial charge in [-0.3, -0.25) is 14.6 Å². The van der Waals surface area contributed by atoms with E-state index in [9.17, 15) is 14.0 Å². The Bertz CT molecular complexity index is 675. The number of nitrogens with zero attached hydrogens (tertiary/aromatic N) is 1. The zero-order valence-electron chi connectivity index (χ0n) is 11.2. The predicted octanol–water partition coefficient (Wildman–Crippen LogP) is 0.822. The minimum atomic E-state index is -0.453. The first kappa shape index (κ1) is 14.7. The number of halogens is 1. The van der Waals surface area contributed by atoms with Gasteiger partial charge in [0.2, 0.25) is 6.41 Å². The molecule has 110 valence electrons. The van der Waals surface area contributed by atoms with Crippen molar-refractivity contribution in [3.8, 4) is 0 Å². The Hall–Kier alpha value is -2.70. The number of nitrogen functional groups attached to an aromatic ring is 1. The van der Waals surface area contributed by atoms with E-state index in [0.29, 0.717) is 37.0 Å². The van der Waals surface area contributed by atoms with E-state index >= 15 is 0 Å². The van der Waals surface area contributed by atoms with E-state index in [1.807, 2.05) is 0 Å². The van der Waals surface area contributed by atoms with Crippen LogP contribution >= 0.6 is 0 Å². The van der Waals surface area contributed by atoms with Crippen LogP contribution in [0.1, 0.15) is 16.9 Å². The van der Waals surface area contributed by atoms with Gasteiger partial charge in [0.25, 0.3) is 5.91 Å². The third-order valence-corrected chi connectivity index (χ3v) is 2.99. The fourth-order valence-electron chi connectivity index (χ4n) is 2.00. The average Bonchev–Trinajstić information content (AvgIpc) is 2.50. The van der Waals surface area contributed by atoms with E-state index in [0.717, 1.165) is 0 Å². The van der Waals surface area contributed by atoms with E-state index in [1.165, 1.54) is 24.4 Å². The Kier molecular flexibility index (Phi) is 4.65. The molecule has 2 aromatic rings. The van der Waals surface area contributed by atoms with Gasteiger partial charge in [-0.15, -0.1) is 0 Å². The molecule has 1 aromatic carbocycles. The van der Waals surface area contributed by atoms with Crippen molar-refractivity contribution in [3.05, 3.63) is 35.9 Å². The highest BCUT2D eigenvalue weighted by Crippen LogP contribution is 2.25. The molecule has 1 aromatic heterocycles. The average molecular weight is 290 g/mol. The van der Waals surface area contributed by atoms with Crippen LogP contribution in [0, 0.1) is 5.82 Å². The Morgan fingerprint density at radius 1 is 1.33 bits per heavy atom. The van der Waals surface area contributed by atoms with Gasteiger partial charge < -0.3 is 16.4 Å². The van der Waals surface area contributed by atoms with Gasteiger partial charge in [-0.2, -0.15) is 0 Å². The second-order valence-electron chi connectivity index (χ2n) is 4.40. The zero-order chi connectivity index (χ0) is 15.2. The van der Waals surface area contributed by atoms with E-state index in [4.69, 9.17) is 5.73 Å². The largest absolute Gasteiger partial charge is 0.398 e. The molecule has 0 fully saturated rings. The topological polar surface area (TPSA) is 97.1 Å². The number of amides is 2. The number of hydrogen-bond acceptors (Lipinski definition) is 4. The van der Waals surface area contributed by atoms with Gasteiger partial charge in [0, 0.05) is 35.7 Å². The number of anilines is 1. The Labute approximate surface area is 120 Å². The predicted molar refractivity (Wildman–Crippen MR) is 77.1 cm³/mol. The van der Waals surface area contributed by atoms with E-state index in [-0.39, 0.29) is 11.1 Å². The standard InChI is InChI=1S/C14H15FN4O2/c15-10-2-3-11(16)12-9(10)4-7-18-13(12)14(21)19-6-1-5-17-8-20/h2-4,7-8H,1,5-6,16H2,(H,17,20)(H,19,21). The third kappa shape index (κ3) is 3.25. The van der Waals surface area contributed by atoms with Crippen molar-refractivity contribution < 1.29 is 14.0 Å². The molecule has 0 radical (unpaired) electrons. The first-order valence-corrected chi connectivity index (χ1v) is 6.43. The minimum absolute atomic E-state index is 0.0906. The third-order valence-electron chi connectivity index (χ3n) is 2.99. The van der Waals surface area contributed by atoms with Crippen LogP contribution in [0.5, 0.6) is 0 Å². The van der Waals surface area contributed by atoms with Gasteiger partial charge in [0.15, 0.2) is 0 Å². The van der Waals surface area contributed by atoms with E-state index in [1.54, 1.807) is 0 Å². The molecule has 0 saturated carbocycles. The number of rotatable bonds is 6. The summed E-state index contributed by atoms with van der Waals surface area (Å²) >= 11 is 0. The van der Waals surface area contributed by atoms with Gasteiger partial charge in [-0.1, -0.05) is 0 Å². The number of carbonyl (C=O) groups is 2. The monoisotopic (exact) mass is 290 g/mol. The van der Waals surface area contributed by atoms with Gasteiger partial charge in [0.05, 0.1) is 0 Å². The molecule has 0 bridgehead atoms. The number of pyridine rings is 1. The second-order valence-corrected chi connectivity index (χ2v) is 4.40. The summed E-state index contributed by atoms with van der Waals surface area (Å²) < 4.78 is 13.7. The molecule has 4 N–H and O–H groups in total. The van der Waals surface area contributed by atoms with Crippen molar-refractivity contribution in [1.82, 2.24) is 15.6 Å². The lowest BCUT2D eigenvalue weighted by Crippen LogP contribution is -2.28. The first-order chi connectivity index (χ1) is 10.1. The van der Waals surface area contributed by atoms with Crippen molar-refractivity contribution >= 4 is 28.8 Å². The molecule has 2 amide bonds. The van der Waals surface area contributed by atoms with Crippen LogP contribution in [-0.4, -0.2) is 30.4 Å². The number of nitrogens with two attached hydrogens (primary N) is 1. The maximum absolute atomic E-state index is 13.7. The highest BCUT2D eigenvalue weighted by molar-refractivity contribution is 6.09. The van der Waals surface area contributed by atoms with Crippen molar-refractivity contribution in [2.24, 2.45) is 0 Å². The minimum Gasteiger partial charge on any atom is -0.398 e. The van der Waals surface area contributed by atoms with Crippen LogP contribution in [0.3, 0.4) is 0 Å². The number of aromatic nitrogens is 1. The Morgan fingerprint density at radius 3 is 2.90 bits per heavy atom. The molecule has 0 saturated heterocycles. The summed E-state index contributed by atoms with van der Waals surface area (Å²) in [5.74, 6) is -0.880. The van der Waals surface area contributed by atoms with E-state index in [2.05, 4.69) is 15.6 Å². The zero-order valence-corrected chi connectivity index (χ0v) is 11.2. The normalized spacial score (nSPS) is 10.3. The molecule has 0 atom stereocenters. The molecule has 0 aliphatic carbocycles. The summed E-state index contributed by atoms with van der Waals surface area (Å²) in [4.78, 5) is 26.2. The number of hydrogen-bond donors (Lipinski definition) is 3. The Balaban J connectivity index is 2.20. The molecule has 6 nitrogen and oxygen atoms in total. The maximum Gasteiger partial charge on any atom is 0.270 e. The summed E-state index contributed by atoms with van der Waals surface area (Å²) in [6.45, 7) is 0.830. The van der Waals surface area contributed by atoms with Gasteiger partial charge >= 0.3 is 0 Å². The number of benzene rings is 1. The van der Waals surface area contributed by atoms with Crippen LogP contribution < -0.4 is 16.4 Å². The molecule has 1 heterocycles. The number of carbonyl (C=O) groups excluding carboxylic acids is 2.